The zero-order chi connectivity index (χ0) is 8.53. The molecule has 0 aliphatic rings. The second-order valence-electron chi connectivity index (χ2n) is 2.23. The van der Waals surface area contributed by atoms with E-state index < -0.39 is 0 Å². The largest absolute Gasteiger partial charge is 0.166 e. The van der Waals surface area contributed by atoms with Crippen molar-refractivity contribution in [2.45, 2.75) is 13.8 Å². The van der Waals surface area contributed by atoms with E-state index in [4.69, 9.17) is 0 Å². The van der Waals surface area contributed by atoms with Crippen LogP contribution in [0.2, 0.25) is 0 Å². The predicted molar refractivity (Wildman–Crippen MR) is 55.2 cm³/mol. The van der Waals surface area contributed by atoms with Crippen molar-refractivity contribution < 1.29 is 0 Å². The Balaban J connectivity index is 0.000000218. The topological polar surface area (TPSA) is 0 Å². The van der Waals surface area contributed by atoms with Gasteiger partial charge in [0.1, 0.15) is 0 Å². The van der Waals surface area contributed by atoms with E-state index in [0.717, 1.165) is 0 Å². The van der Waals surface area contributed by atoms with E-state index in [9.17, 15) is 0 Å². The summed E-state index contributed by atoms with van der Waals surface area (Å²) in [5, 5.41) is 0. The summed E-state index contributed by atoms with van der Waals surface area (Å²) in [7, 11) is 0. The molecule has 0 N–H and O–H groups in total. The monoisotopic (exact) mass is 168 g/mol. The van der Waals surface area contributed by atoms with Crippen LogP contribution in [-0.4, -0.2) is 12.0 Å². The van der Waals surface area contributed by atoms with Gasteiger partial charge in [-0.05, 0) is 18.9 Å². The van der Waals surface area contributed by atoms with Crippen LogP contribution in [0.15, 0.2) is 30.3 Å². The minimum Gasteiger partial charge on any atom is -0.166 e. The molecule has 1 aromatic rings. The first-order valence-electron chi connectivity index (χ1n) is 3.81. The van der Waals surface area contributed by atoms with Gasteiger partial charge in [0.05, 0.1) is 0 Å². The molecule has 0 aromatic heterocycles. The SMILES string of the molecule is CCSC.Cc1ccccc1. The summed E-state index contributed by atoms with van der Waals surface area (Å²) < 4.78 is 0. The first-order chi connectivity index (χ1) is 5.31. The van der Waals surface area contributed by atoms with E-state index in [1.807, 2.05) is 30.0 Å². The second-order valence-corrected chi connectivity index (χ2v) is 3.39. The molecule has 1 rings (SSSR count). The fourth-order valence-electron chi connectivity index (χ4n) is 0.534. The van der Waals surface area contributed by atoms with Crippen molar-refractivity contribution in [3.05, 3.63) is 35.9 Å². The molecular formula is C10H16S. The molecule has 0 spiro atoms. The third-order valence-electron chi connectivity index (χ3n) is 1.23. The summed E-state index contributed by atoms with van der Waals surface area (Å²) >= 11 is 1.86. The average Bonchev–Trinajstić information content (AvgIpc) is 2.07. The Bertz CT molecular complexity index is 156. The molecule has 11 heavy (non-hydrogen) atoms. The van der Waals surface area contributed by atoms with Crippen molar-refractivity contribution in [2.75, 3.05) is 12.0 Å². The molecule has 0 aliphatic carbocycles. The summed E-state index contributed by atoms with van der Waals surface area (Å²) in [6.45, 7) is 4.23. The van der Waals surface area contributed by atoms with Gasteiger partial charge in [0.15, 0.2) is 0 Å². The second kappa shape index (κ2) is 7.67. The fourth-order valence-corrected chi connectivity index (χ4v) is 0.534. The highest BCUT2D eigenvalue weighted by Crippen LogP contribution is 1.92. The Morgan fingerprint density at radius 1 is 1.18 bits per heavy atom. The van der Waals surface area contributed by atoms with Gasteiger partial charge >= 0.3 is 0 Å². The van der Waals surface area contributed by atoms with Crippen molar-refractivity contribution in [3.63, 3.8) is 0 Å². The number of hydrogen-bond acceptors (Lipinski definition) is 1. The zero-order valence-electron chi connectivity index (χ0n) is 7.50. The average molecular weight is 168 g/mol. The summed E-state index contributed by atoms with van der Waals surface area (Å²) in [4.78, 5) is 0. The maximum Gasteiger partial charge on any atom is -0.00988 e. The van der Waals surface area contributed by atoms with Crippen LogP contribution >= 0.6 is 11.8 Å². The van der Waals surface area contributed by atoms with Crippen LogP contribution in [-0.2, 0) is 0 Å². The van der Waals surface area contributed by atoms with Crippen molar-refractivity contribution in [3.8, 4) is 0 Å². The Hall–Kier alpha value is -0.430. The van der Waals surface area contributed by atoms with E-state index in [2.05, 4.69) is 32.2 Å². The van der Waals surface area contributed by atoms with E-state index in [-0.39, 0.29) is 0 Å². The third-order valence-corrected chi connectivity index (χ3v) is 1.81. The number of aryl methyl sites for hydroxylation is 1. The molecule has 0 radical (unpaired) electrons. The van der Waals surface area contributed by atoms with Gasteiger partial charge < -0.3 is 0 Å². The molecule has 0 heterocycles. The minimum absolute atomic E-state index is 1.24. The zero-order valence-corrected chi connectivity index (χ0v) is 8.32. The molecule has 1 heteroatoms. The molecule has 0 saturated carbocycles. The van der Waals surface area contributed by atoms with Crippen LogP contribution in [0.1, 0.15) is 12.5 Å². The number of thioether (sulfide) groups is 1. The third kappa shape index (κ3) is 7.47. The highest BCUT2D eigenvalue weighted by molar-refractivity contribution is 7.98. The lowest BCUT2D eigenvalue weighted by atomic mass is 10.2. The van der Waals surface area contributed by atoms with Gasteiger partial charge in [-0.2, -0.15) is 11.8 Å². The molecule has 0 nitrogen and oxygen atoms in total. The maximum absolute atomic E-state index is 2.14. The van der Waals surface area contributed by atoms with E-state index in [1.54, 1.807) is 0 Å². The summed E-state index contributed by atoms with van der Waals surface area (Å²) in [5.74, 6) is 1.24. The van der Waals surface area contributed by atoms with E-state index in [1.165, 1.54) is 11.3 Å². The van der Waals surface area contributed by atoms with Crippen LogP contribution in [0.5, 0.6) is 0 Å². The van der Waals surface area contributed by atoms with Crippen LogP contribution in [0.4, 0.5) is 0 Å². The molecule has 0 fully saturated rings. The first-order valence-corrected chi connectivity index (χ1v) is 5.21. The van der Waals surface area contributed by atoms with Crippen molar-refractivity contribution >= 4 is 11.8 Å². The summed E-state index contributed by atoms with van der Waals surface area (Å²) in [5.41, 5.74) is 1.32. The van der Waals surface area contributed by atoms with Crippen molar-refractivity contribution in [1.82, 2.24) is 0 Å². The molecule has 1 aromatic carbocycles. The minimum atomic E-state index is 1.24. The molecule has 0 aliphatic heterocycles. The van der Waals surface area contributed by atoms with Crippen molar-refractivity contribution in [1.29, 1.82) is 0 Å². The predicted octanol–water partition coefficient (Wildman–Crippen LogP) is 3.36. The normalized spacial score (nSPS) is 8.27. The molecule has 0 amide bonds. The molecular weight excluding hydrogens is 152 g/mol. The summed E-state index contributed by atoms with van der Waals surface area (Å²) in [6, 6.07) is 10.3. The number of hydrogen-bond donors (Lipinski definition) is 0. The highest BCUT2D eigenvalue weighted by atomic mass is 32.2. The van der Waals surface area contributed by atoms with Gasteiger partial charge in [0.25, 0.3) is 0 Å². The van der Waals surface area contributed by atoms with Gasteiger partial charge in [0.2, 0.25) is 0 Å². The lowest BCUT2D eigenvalue weighted by Gasteiger charge is -1.82. The smallest absolute Gasteiger partial charge is 0.00988 e. The quantitative estimate of drug-likeness (QED) is 0.619. The van der Waals surface area contributed by atoms with Gasteiger partial charge in [-0.1, -0.05) is 42.8 Å². The van der Waals surface area contributed by atoms with Crippen LogP contribution in [0.25, 0.3) is 0 Å². The van der Waals surface area contributed by atoms with Crippen LogP contribution < -0.4 is 0 Å². The highest BCUT2D eigenvalue weighted by Gasteiger charge is 1.72. The van der Waals surface area contributed by atoms with Crippen molar-refractivity contribution in [2.24, 2.45) is 0 Å². The first kappa shape index (κ1) is 10.6. The Kier molecular flexibility index (Phi) is 7.37. The standard InChI is InChI=1S/C7H8.C3H8S/c1-7-5-3-2-4-6-7;1-3-4-2/h2-6H,1H3;3H2,1-2H3. The lowest BCUT2D eigenvalue weighted by molar-refractivity contribution is 1.48. The molecule has 0 atom stereocenters. The lowest BCUT2D eigenvalue weighted by Crippen LogP contribution is -1.62. The Morgan fingerprint density at radius 2 is 1.64 bits per heavy atom. The Morgan fingerprint density at radius 3 is 1.82 bits per heavy atom. The van der Waals surface area contributed by atoms with E-state index in [0.29, 0.717) is 0 Å². The van der Waals surface area contributed by atoms with E-state index >= 15 is 0 Å². The van der Waals surface area contributed by atoms with Gasteiger partial charge in [-0.3, -0.25) is 0 Å². The summed E-state index contributed by atoms with van der Waals surface area (Å²) in [6.07, 6.45) is 2.10. The number of benzene rings is 1. The van der Waals surface area contributed by atoms with Gasteiger partial charge in [-0.15, -0.1) is 0 Å². The molecule has 0 unspecified atom stereocenters. The maximum atomic E-state index is 2.14. The molecule has 0 saturated heterocycles. The Labute approximate surface area is 74.0 Å². The van der Waals surface area contributed by atoms with Crippen LogP contribution in [0.3, 0.4) is 0 Å². The molecule has 0 bridgehead atoms. The molecule has 62 valence electrons. The fraction of sp³-hybridized carbons (Fsp3) is 0.400. The van der Waals surface area contributed by atoms with Gasteiger partial charge in [-0.25, -0.2) is 0 Å². The van der Waals surface area contributed by atoms with Crippen LogP contribution in [0, 0.1) is 6.92 Å². The number of rotatable bonds is 1. The van der Waals surface area contributed by atoms with Gasteiger partial charge in [0, 0.05) is 0 Å².